The van der Waals surface area contributed by atoms with Gasteiger partial charge in [-0.1, -0.05) is 55.4 Å². The van der Waals surface area contributed by atoms with E-state index in [1.807, 2.05) is 20.8 Å². The topological polar surface area (TPSA) is 67.4 Å². The summed E-state index contributed by atoms with van der Waals surface area (Å²) in [5.41, 5.74) is -0.527. The molecule has 29 heavy (non-hydrogen) atoms. The summed E-state index contributed by atoms with van der Waals surface area (Å²) in [6, 6.07) is 0. The first-order valence-corrected chi connectivity index (χ1v) is 11.2. The normalized spacial score (nSPS) is 15.0. The maximum atomic E-state index is 12.7. The lowest BCUT2D eigenvalue weighted by Crippen LogP contribution is -2.43. The zero-order valence-corrected chi connectivity index (χ0v) is 20.9. The molecule has 0 spiro atoms. The van der Waals surface area contributed by atoms with Crippen LogP contribution in [0.3, 0.4) is 0 Å². The highest BCUT2D eigenvalue weighted by Gasteiger charge is 2.32. The Morgan fingerprint density at radius 2 is 1.38 bits per heavy atom. The highest BCUT2D eigenvalue weighted by Crippen LogP contribution is 2.28. The van der Waals surface area contributed by atoms with E-state index < -0.39 is 5.41 Å². The maximum Gasteiger partial charge on any atom is 0.226 e. The van der Waals surface area contributed by atoms with Crippen LogP contribution in [0.1, 0.15) is 101 Å². The Hall–Kier alpha value is -1.10. The van der Waals surface area contributed by atoms with Crippen molar-refractivity contribution in [3.05, 3.63) is 0 Å². The van der Waals surface area contributed by atoms with Crippen LogP contribution in [0.25, 0.3) is 0 Å². The van der Waals surface area contributed by atoms with Crippen LogP contribution in [-0.2, 0) is 14.3 Å². The lowest BCUT2D eigenvalue weighted by Gasteiger charge is -2.31. The van der Waals surface area contributed by atoms with Crippen LogP contribution < -0.4 is 10.6 Å². The molecule has 0 aliphatic rings. The van der Waals surface area contributed by atoms with Crippen LogP contribution >= 0.6 is 0 Å². The molecule has 0 aromatic heterocycles. The van der Waals surface area contributed by atoms with E-state index in [4.69, 9.17) is 4.74 Å². The van der Waals surface area contributed by atoms with E-state index in [9.17, 15) is 9.59 Å². The van der Waals surface area contributed by atoms with Gasteiger partial charge < -0.3 is 15.4 Å². The molecule has 0 bridgehead atoms. The first-order chi connectivity index (χ1) is 13.0. The van der Waals surface area contributed by atoms with E-state index in [1.165, 1.54) is 0 Å². The number of rotatable bonds is 12. The molecule has 0 aliphatic carbocycles. The van der Waals surface area contributed by atoms with Gasteiger partial charge in [-0.15, -0.1) is 0 Å². The summed E-state index contributed by atoms with van der Waals surface area (Å²) in [5.74, 6) is 0.201. The average molecular weight is 413 g/mol. The van der Waals surface area contributed by atoms with Crippen molar-refractivity contribution in [2.45, 2.75) is 107 Å². The summed E-state index contributed by atoms with van der Waals surface area (Å²) in [6.45, 7) is 22.7. The van der Waals surface area contributed by atoms with E-state index in [-0.39, 0.29) is 28.2 Å². The van der Waals surface area contributed by atoms with Gasteiger partial charge in [0.1, 0.15) is 0 Å². The number of hydrogen-bond donors (Lipinski definition) is 2. The molecule has 0 heterocycles. The molecule has 0 aromatic rings. The fourth-order valence-corrected chi connectivity index (χ4v) is 2.71. The Balaban J connectivity index is 4.35. The molecule has 0 saturated heterocycles. The first-order valence-electron chi connectivity index (χ1n) is 11.2. The average Bonchev–Trinajstić information content (AvgIpc) is 2.56. The largest absolute Gasteiger partial charge is 0.375 e. The highest BCUT2D eigenvalue weighted by atomic mass is 16.5. The molecule has 0 radical (unpaired) electrons. The van der Waals surface area contributed by atoms with Crippen LogP contribution in [0.5, 0.6) is 0 Å². The smallest absolute Gasteiger partial charge is 0.226 e. The van der Waals surface area contributed by atoms with Gasteiger partial charge in [0.2, 0.25) is 11.8 Å². The zero-order valence-electron chi connectivity index (χ0n) is 20.9. The number of carbonyl (C=O) groups excluding carboxylic acids is 2. The number of amides is 2. The molecule has 0 saturated carbocycles. The van der Waals surface area contributed by atoms with E-state index in [0.29, 0.717) is 32.5 Å². The molecule has 0 fully saturated rings. The molecule has 1 atom stereocenters. The lowest BCUT2D eigenvalue weighted by atomic mass is 9.82. The zero-order chi connectivity index (χ0) is 22.9. The monoisotopic (exact) mass is 412 g/mol. The van der Waals surface area contributed by atoms with Crippen molar-refractivity contribution in [1.29, 1.82) is 0 Å². The summed E-state index contributed by atoms with van der Waals surface area (Å²) in [7, 11) is 0. The van der Waals surface area contributed by atoms with E-state index in [2.05, 4.69) is 59.1 Å². The highest BCUT2D eigenvalue weighted by molar-refractivity contribution is 5.82. The number of nitrogens with one attached hydrogen (secondary N) is 2. The standard InChI is InChI=1S/C24H48N2O3/c1-11-24(10,20(28)26-18-22(5,6)7)15-17-29-23(8,9)14-16-25-19(27)12-13-21(2,3)4/h11-18H2,1-10H3,(H,25,27)(H,26,28). The van der Waals surface area contributed by atoms with Gasteiger partial charge in [-0.25, -0.2) is 0 Å². The summed E-state index contributed by atoms with van der Waals surface area (Å²) < 4.78 is 6.09. The van der Waals surface area contributed by atoms with Gasteiger partial charge in [0.15, 0.2) is 0 Å². The molecule has 2 N–H and O–H groups in total. The fourth-order valence-electron chi connectivity index (χ4n) is 2.71. The number of carbonyl (C=O) groups is 2. The molecule has 0 rings (SSSR count). The minimum absolute atomic E-state index is 0.0696. The molecule has 5 heteroatoms. The number of hydrogen-bond acceptors (Lipinski definition) is 3. The van der Waals surface area contributed by atoms with E-state index in [0.717, 1.165) is 19.3 Å². The number of ether oxygens (including phenoxy) is 1. The molecule has 0 aliphatic heterocycles. The maximum absolute atomic E-state index is 12.7. The van der Waals surface area contributed by atoms with E-state index >= 15 is 0 Å². The molecule has 2 amide bonds. The van der Waals surface area contributed by atoms with Gasteiger partial charge in [-0.05, 0) is 50.4 Å². The fraction of sp³-hybridized carbons (Fsp3) is 0.917. The first kappa shape index (κ1) is 27.9. The second-order valence-corrected chi connectivity index (χ2v) is 11.7. The predicted octanol–water partition coefficient (Wildman–Crippen LogP) is 5.08. The SMILES string of the molecule is CCC(C)(CCOC(C)(C)CCNC(=O)CCC(C)(C)C)C(=O)NCC(C)(C)C. The van der Waals surface area contributed by atoms with Crippen molar-refractivity contribution in [3.63, 3.8) is 0 Å². The van der Waals surface area contributed by atoms with Crippen molar-refractivity contribution in [1.82, 2.24) is 10.6 Å². The Bertz CT molecular complexity index is 515. The minimum Gasteiger partial charge on any atom is -0.375 e. The van der Waals surface area contributed by atoms with E-state index in [1.54, 1.807) is 0 Å². The summed E-state index contributed by atoms with van der Waals surface area (Å²) in [6.07, 6.45) is 3.64. The van der Waals surface area contributed by atoms with Crippen LogP contribution in [0, 0.1) is 16.2 Å². The van der Waals surface area contributed by atoms with Crippen LogP contribution in [0.2, 0.25) is 0 Å². The molecule has 5 nitrogen and oxygen atoms in total. The third-order valence-electron chi connectivity index (χ3n) is 5.41. The third-order valence-corrected chi connectivity index (χ3v) is 5.41. The van der Waals surface area contributed by atoms with Crippen LogP contribution in [-0.4, -0.2) is 37.1 Å². The minimum atomic E-state index is -0.428. The molecule has 172 valence electrons. The van der Waals surface area contributed by atoms with Crippen molar-refractivity contribution < 1.29 is 14.3 Å². The van der Waals surface area contributed by atoms with Crippen molar-refractivity contribution in [2.75, 3.05) is 19.7 Å². The van der Waals surface area contributed by atoms with Crippen molar-refractivity contribution in [2.24, 2.45) is 16.2 Å². The van der Waals surface area contributed by atoms with Gasteiger partial charge >= 0.3 is 0 Å². The van der Waals surface area contributed by atoms with Gasteiger partial charge in [0, 0.05) is 31.5 Å². The third kappa shape index (κ3) is 13.7. The molecular weight excluding hydrogens is 364 g/mol. The van der Waals surface area contributed by atoms with Gasteiger partial charge in [-0.2, -0.15) is 0 Å². The quantitative estimate of drug-likeness (QED) is 0.469. The Labute approximate surface area is 180 Å². The molecular formula is C24H48N2O3. The summed E-state index contributed by atoms with van der Waals surface area (Å²) >= 11 is 0. The summed E-state index contributed by atoms with van der Waals surface area (Å²) in [4.78, 5) is 24.6. The molecule has 1 unspecified atom stereocenters. The van der Waals surface area contributed by atoms with Crippen molar-refractivity contribution >= 4 is 11.8 Å². The lowest BCUT2D eigenvalue weighted by molar-refractivity contribution is -0.133. The van der Waals surface area contributed by atoms with Gasteiger partial charge in [0.05, 0.1) is 5.60 Å². The summed E-state index contributed by atoms with van der Waals surface area (Å²) in [5, 5.41) is 6.08. The van der Waals surface area contributed by atoms with Crippen LogP contribution in [0.4, 0.5) is 0 Å². The Morgan fingerprint density at radius 3 is 1.86 bits per heavy atom. The molecule has 0 aromatic carbocycles. The predicted molar refractivity (Wildman–Crippen MR) is 122 cm³/mol. The Morgan fingerprint density at radius 1 is 0.793 bits per heavy atom. The second kappa shape index (κ2) is 11.3. The van der Waals surface area contributed by atoms with Crippen LogP contribution in [0.15, 0.2) is 0 Å². The second-order valence-electron chi connectivity index (χ2n) is 11.7. The van der Waals surface area contributed by atoms with Gasteiger partial charge in [-0.3, -0.25) is 9.59 Å². The Kier molecular flexibility index (Phi) is 10.9. The van der Waals surface area contributed by atoms with Crippen molar-refractivity contribution in [3.8, 4) is 0 Å². The van der Waals surface area contributed by atoms with Gasteiger partial charge in [0.25, 0.3) is 0 Å².